The van der Waals surface area contributed by atoms with Crippen LogP contribution in [-0.2, 0) is 20.2 Å². The van der Waals surface area contributed by atoms with Crippen molar-refractivity contribution in [2.45, 2.75) is 23.2 Å². The molecule has 0 radical (unpaired) electrons. The van der Waals surface area contributed by atoms with Gasteiger partial charge in [-0.2, -0.15) is 4.31 Å². The highest BCUT2D eigenvalue weighted by Gasteiger charge is 2.53. The normalized spacial score (nSPS) is 19.7. The molecular formula is C20H21FN2O3S. The zero-order valence-electron chi connectivity index (χ0n) is 14.8. The quantitative estimate of drug-likeness (QED) is 0.808. The number of rotatable bonds is 4. The number of piperazine rings is 1. The van der Waals surface area contributed by atoms with Gasteiger partial charge in [0, 0.05) is 26.2 Å². The molecule has 5 nitrogen and oxygen atoms in total. The number of hydrogen-bond acceptors (Lipinski definition) is 3. The Hall–Kier alpha value is -2.25. The lowest BCUT2D eigenvalue weighted by atomic mass is 9.94. The first-order chi connectivity index (χ1) is 12.9. The largest absolute Gasteiger partial charge is 0.339 e. The fourth-order valence-electron chi connectivity index (χ4n) is 3.70. The van der Waals surface area contributed by atoms with Crippen LogP contribution in [-0.4, -0.2) is 49.7 Å². The van der Waals surface area contributed by atoms with Crippen molar-refractivity contribution in [2.75, 3.05) is 26.2 Å². The van der Waals surface area contributed by atoms with Gasteiger partial charge in [0.1, 0.15) is 5.82 Å². The van der Waals surface area contributed by atoms with Crippen molar-refractivity contribution in [3.8, 4) is 0 Å². The Bertz CT molecular complexity index is 933. The molecule has 1 saturated carbocycles. The molecule has 0 N–H and O–H groups in total. The molecule has 1 aliphatic heterocycles. The van der Waals surface area contributed by atoms with E-state index in [4.69, 9.17) is 0 Å². The van der Waals surface area contributed by atoms with Crippen molar-refractivity contribution < 1.29 is 17.6 Å². The molecule has 2 aromatic carbocycles. The number of hydrogen-bond donors (Lipinski definition) is 0. The summed E-state index contributed by atoms with van der Waals surface area (Å²) in [6, 6.07) is 14.6. The molecule has 142 valence electrons. The van der Waals surface area contributed by atoms with Crippen LogP contribution in [0, 0.1) is 5.82 Å². The molecule has 27 heavy (non-hydrogen) atoms. The van der Waals surface area contributed by atoms with E-state index >= 15 is 0 Å². The predicted octanol–water partition coefficient (Wildman–Crippen LogP) is 2.39. The third-order valence-electron chi connectivity index (χ3n) is 5.46. The predicted molar refractivity (Wildman–Crippen MR) is 99.1 cm³/mol. The van der Waals surface area contributed by atoms with E-state index in [1.54, 1.807) is 4.90 Å². The van der Waals surface area contributed by atoms with Crippen LogP contribution in [0.3, 0.4) is 0 Å². The highest BCUT2D eigenvalue weighted by molar-refractivity contribution is 7.89. The van der Waals surface area contributed by atoms with Crippen LogP contribution < -0.4 is 0 Å². The zero-order valence-corrected chi connectivity index (χ0v) is 15.7. The van der Waals surface area contributed by atoms with Crippen molar-refractivity contribution in [1.82, 2.24) is 9.21 Å². The van der Waals surface area contributed by atoms with Crippen LogP contribution in [0.15, 0.2) is 59.5 Å². The van der Waals surface area contributed by atoms with E-state index in [0.717, 1.165) is 30.5 Å². The number of nitrogens with zero attached hydrogens (tertiary/aromatic N) is 2. The van der Waals surface area contributed by atoms with Gasteiger partial charge in [-0.05, 0) is 42.7 Å². The van der Waals surface area contributed by atoms with Crippen molar-refractivity contribution in [3.05, 3.63) is 66.0 Å². The Morgan fingerprint density at radius 1 is 0.889 bits per heavy atom. The lowest BCUT2D eigenvalue weighted by molar-refractivity contribution is -0.135. The third kappa shape index (κ3) is 3.26. The van der Waals surface area contributed by atoms with Crippen molar-refractivity contribution >= 4 is 15.9 Å². The van der Waals surface area contributed by atoms with Crippen LogP contribution in [0.25, 0.3) is 0 Å². The van der Waals surface area contributed by atoms with Gasteiger partial charge in [-0.1, -0.05) is 30.3 Å². The van der Waals surface area contributed by atoms with Gasteiger partial charge in [0.15, 0.2) is 0 Å². The van der Waals surface area contributed by atoms with E-state index in [-0.39, 0.29) is 23.9 Å². The molecule has 0 spiro atoms. The summed E-state index contributed by atoms with van der Waals surface area (Å²) in [7, 11) is -3.67. The van der Waals surface area contributed by atoms with Crippen LogP contribution in [0.1, 0.15) is 18.4 Å². The fourth-order valence-corrected chi connectivity index (χ4v) is 5.12. The van der Waals surface area contributed by atoms with E-state index < -0.39 is 21.3 Å². The number of amides is 1. The second kappa shape index (κ2) is 6.73. The first kappa shape index (κ1) is 18.1. The SMILES string of the molecule is O=C(N1CCN(S(=O)(=O)c2ccc(F)cc2)CC1)C1(c2ccccc2)CC1. The van der Waals surface area contributed by atoms with E-state index in [9.17, 15) is 17.6 Å². The van der Waals surface area contributed by atoms with Crippen molar-refractivity contribution in [1.29, 1.82) is 0 Å². The Morgan fingerprint density at radius 2 is 1.48 bits per heavy atom. The van der Waals surface area contributed by atoms with Gasteiger partial charge in [0.2, 0.25) is 15.9 Å². The first-order valence-electron chi connectivity index (χ1n) is 9.04. The molecule has 0 aromatic heterocycles. The first-order valence-corrected chi connectivity index (χ1v) is 10.5. The molecular weight excluding hydrogens is 367 g/mol. The smallest absolute Gasteiger partial charge is 0.243 e. The van der Waals surface area contributed by atoms with E-state index in [2.05, 4.69) is 0 Å². The molecule has 0 atom stereocenters. The molecule has 1 heterocycles. The molecule has 2 aromatic rings. The molecule has 7 heteroatoms. The summed E-state index contributed by atoms with van der Waals surface area (Å²) in [5.74, 6) is -0.382. The van der Waals surface area contributed by atoms with E-state index in [1.807, 2.05) is 30.3 Å². The van der Waals surface area contributed by atoms with Crippen LogP contribution >= 0.6 is 0 Å². The monoisotopic (exact) mass is 388 g/mol. The van der Waals surface area contributed by atoms with Gasteiger partial charge in [0.05, 0.1) is 10.3 Å². The lowest BCUT2D eigenvalue weighted by Crippen LogP contribution is -2.52. The van der Waals surface area contributed by atoms with Crippen LogP contribution in [0.4, 0.5) is 4.39 Å². The van der Waals surface area contributed by atoms with Crippen LogP contribution in [0.2, 0.25) is 0 Å². The highest BCUT2D eigenvalue weighted by Crippen LogP contribution is 2.49. The van der Waals surface area contributed by atoms with Gasteiger partial charge in [-0.25, -0.2) is 12.8 Å². The summed E-state index contributed by atoms with van der Waals surface area (Å²) in [4.78, 5) is 14.9. The lowest BCUT2D eigenvalue weighted by Gasteiger charge is -2.36. The molecule has 1 amide bonds. The number of carbonyl (C=O) groups excluding carboxylic acids is 1. The summed E-state index contributed by atoms with van der Waals surface area (Å²) in [6.45, 7) is 1.23. The molecule has 0 bridgehead atoms. The summed E-state index contributed by atoms with van der Waals surface area (Å²) >= 11 is 0. The number of sulfonamides is 1. The average Bonchev–Trinajstić information content (AvgIpc) is 3.51. The molecule has 2 fully saturated rings. The highest BCUT2D eigenvalue weighted by atomic mass is 32.2. The van der Waals surface area contributed by atoms with Crippen LogP contribution in [0.5, 0.6) is 0 Å². The van der Waals surface area contributed by atoms with Gasteiger partial charge >= 0.3 is 0 Å². The van der Waals surface area contributed by atoms with Gasteiger partial charge in [-0.15, -0.1) is 0 Å². The molecule has 1 aliphatic carbocycles. The van der Waals surface area contributed by atoms with E-state index in [0.29, 0.717) is 13.1 Å². The van der Waals surface area contributed by atoms with E-state index in [1.165, 1.54) is 16.4 Å². The minimum atomic E-state index is -3.67. The second-order valence-electron chi connectivity index (χ2n) is 7.10. The third-order valence-corrected chi connectivity index (χ3v) is 7.38. The maximum atomic E-state index is 13.1. The second-order valence-corrected chi connectivity index (χ2v) is 9.04. The summed E-state index contributed by atoms with van der Waals surface area (Å²) in [6.07, 6.45) is 1.67. The number of benzene rings is 2. The topological polar surface area (TPSA) is 57.7 Å². The van der Waals surface area contributed by atoms with Crippen molar-refractivity contribution in [3.63, 3.8) is 0 Å². The zero-order chi connectivity index (χ0) is 19.1. The minimum Gasteiger partial charge on any atom is -0.339 e. The molecule has 0 unspecified atom stereocenters. The average molecular weight is 388 g/mol. The van der Waals surface area contributed by atoms with Gasteiger partial charge < -0.3 is 4.90 Å². The maximum Gasteiger partial charge on any atom is 0.243 e. The number of carbonyl (C=O) groups is 1. The Balaban J connectivity index is 1.45. The molecule has 4 rings (SSSR count). The number of halogens is 1. The summed E-state index contributed by atoms with van der Waals surface area (Å²) in [5, 5.41) is 0. The standard InChI is InChI=1S/C20H21FN2O3S/c21-17-6-8-18(9-7-17)27(25,26)23-14-12-22(13-15-23)19(24)20(10-11-20)16-4-2-1-3-5-16/h1-9H,10-15H2. The summed E-state index contributed by atoms with van der Waals surface area (Å²) < 4.78 is 39.8. The van der Waals surface area contributed by atoms with Gasteiger partial charge in [0.25, 0.3) is 0 Å². The minimum absolute atomic E-state index is 0.0756. The fraction of sp³-hybridized carbons (Fsp3) is 0.350. The molecule has 2 aliphatic rings. The van der Waals surface area contributed by atoms with Crippen molar-refractivity contribution in [2.24, 2.45) is 0 Å². The van der Waals surface area contributed by atoms with Gasteiger partial charge in [-0.3, -0.25) is 4.79 Å². The Morgan fingerprint density at radius 3 is 2.04 bits per heavy atom. The Kier molecular flexibility index (Phi) is 4.52. The molecule has 1 saturated heterocycles. The summed E-state index contributed by atoms with van der Waals surface area (Å²) in [5.41, 5.74) is 0.607. The maximum absolute atomic E-state index is 13.1. The Labute approximate surface area is 158 Å².